The summed E-state index contributed by atoms with van der Waals surface area (Å²) < 4.78 is 13.4. The normalized spacial score (nSPS) is 9.95. The number of halogens is 1. The SMILES string of the molecule is Cc1ccc(CCC(=O)Nc2cccc(F)c2C#N)cc1. The molecule has 0 unspecified atom stereocenters. The standard InChI is InChI=1S/C17H15FN2O/c1-12-5-7-13(8-6-12)9-10-17(21)20-16-4-2-3-15(18)14(16)11-19/h2-8H,9-10H2,1H3,(H,20,21). The van der Waals surface area contributed by atoms with Crippen molar-refractivity contribution in [3.05, 3.63) is 65.0 Å². The van der Waals surface area contributed by atoms with Gasteiger partial charge in [0.25, 0.3) is 0 Å². The van der Waals surface area contributed by atoms with Gasteiger partial charge in [0.15, 0.2) is 0 Å². The number of carbonyl (C=O) groups is 1. The molecule has 0 aliphatic rings. The first-order chi connectivity index (χ1) is 10.1. The second-order valence-corrected chi connectivity index (χ2v) is 4.81. The van der Waals surface area contributed by atoms with Crippen molar-refractivity contribution in [2.75, 3.05) is 5.32 Å². The summed E-state index contributed by atoms with van der Waals surface area (Å²) in [5, 5.41) is 11.5. The van der Waals surface area contributed by atoms with Crippen LogP contribution in [0.2, 0.25) is 0 Å². The van der Waals surface area contributed by atoms with E-state index in [4.69, 9.17) is 5.26 Å². The number of rotatable bonds is 4. The van der Waals surface area contributed by atoms with Gasteiger partial charge in [0.1, 0.15) is 17.4 Å². The molecule has 1 amide bonds. The first-order valence-corrected chi connectivity index (χ1v) is 6.64. The molecule has 2 aromatic carbocycles. The van der Waals surface area contributed by atoms with E-state index in [1.54, 1.807) is 6.07 Å². The molecule has 0 fully saturated rings. The van der Waals surface area contributed by atoms with Crippen molar-refractivity contribution >= 4 is 11.6 Å². The van der Waals surface area contributed by atoms with E-state index in [0.29, 0.717) is 6.42 Å². The fourth-order valence-electron chi connectivity index (χ4n) is 1.97. The number of amides is 1. The number of hydrogen-bond donors (Lipinski definition) is 1. The van der Waals surface area contributed by atoms with Crippen LogP contribution in [0, 0.1) is 24.1 Å². The van der Waals surface area contributed by atoms with E-state index in [1.807, 2.05) is 31.2 Å². The summed E-state index contributed by atoms with van der Waals surface area (Å²) in [6.07, 6.45) is 0.883. The molecular weight excluding hydrogens is 267 g/mol. The number of anilines is 1. The number of nitrogens with zero attached hydrogens (tertiary/aromatic N) is 1. The second-order valence-electron chi connectivity index (χ2n) is 4.81. The highest BCUT2D eigenvalue weighted by molar-refractivity contribution is 5.92. The summed E-state index contributed by atoms with van der Waals surface area (Å²) in [5.74, 6) is -0.869. The average Bonchev–Trinajstić information content (AvgIpc) is 2.47. The summed E-state index contributed by atoms with van der Waals surface area (Å²) in [6, 6.07) is 13.9. The van der Waals surface area contributed by atoms with Crippen molar-refractivity contribution in [1.29, 1.82) is 5.26 Å². The molecule has 0 bridgehead atoms. The van der Waals surface area contributed by atoms with Crippen LogP contribution in [0.4, 0.5) is 10.1 Å². The minimum Gasteiger partial charge on any atom is -0.325 e. The molecule has 0 aromatic heterocycles. The van der Waals surface area contributed by atoms with E-state index in [9.17, 15) is 9.18 Å². The minimum absolute atomic E-state index is 0.138. The molecule has 0 aliphatic heterocycles. The largest absolute Gasteiger partial charge is 0.325 e. The fourth-order valence-corrected chi connectivity index (χ4v) is 1.97. The summed E-state index contributed by atoms with van der Waals surface area (Å²) in [5.41, 5.74) is 2.31. The lowest BCUT2D eigenvalue weighted by Gasteiger charge is -2.07. The third-order valence-electron chi connectivity index (χ3n) is 3.16. The lowest BCUT2D eigenvalue weighted by Crippen LogP contribution is -2.13. The van der Waals surface area contributed by atoms with Crippen LogP contribution >= 0.6 is 0 Å². The first kappa shape index (κ1) is 14.7. The quantitative estimate of drug-likeness (QED) is 0.932. The predicted octanol–water partition coefficient (Wildman–Crippen LogP) is 3.58. The van der Waals surface area contributed by atoms with E-state index in [0.717, 1.165) is 5.56 Å². The van der Waals surface area contributed by atoms with Crippen LogP contribution in [-0.2, 0) is 11.2 Å². The van der Waals surface area contributed by atoms with Gasteiger partial charge in [-0.1, -0.05) is 35.9 Å². The van der Waals surface area contributed by atoms with Crippen molar-refractivity contribution in [1.82, 2.24) is 0 Å². The second kappa shape index (κ2) is 6.67. The van der Waals surface area contributed by atoms with Crippen LogP contribution in [0.15, 0.2) is 42.5 Å². The maximum absolute atomic E-state index is 13.4. The Labute approximate surface area is 123 Å². The van der Waals surface area contributed by atoms with Gasteiger partial charge in [-0.05, 0) is 31.0 Å². The molecule has 4 heteroatoms. The van der Waals surface area contributed by atoms with Crippen LogP contribution < -0.4 is 5.32 Å². The monoisotopic (exact) mass is 282 g/mol. The Kier molecular flexibility index (Phi) is 4.68. The number of benzene rings is 2. The van der Waals surface area contributed by atoms with Gasteiger partial charge in [-0.15, -0.1) is 0 Å². The number of aryl methyl sites for hydroxylation is 2. The zero-order valence-electron chi connectivity index (χ0n) is 11.7. The molecule has 0 radical (unpaired) electrons. The van der Waals surface area contributed by atoms with Gasteiger partial charge in [-0.2, -0.15) is 5.26 Å². The van der Waals surface area contributed by atoms with Gasteiger partial charge < -0.3 is 5.32 Å². The van der Waals surface area contributed by atoms with Gasteiger partial charge in [0.2, 0.25) is 5.91 Å². The Morgan fingerprint density at radius 1 is 1.24 bits per heavy atom. The highest BCUT2D eigenvalue weighted by Gasteiger charge is 2.10. The fraction of sp³-hybridized carbons (Fsp3) is 0.176. The molecule has 2 rings (SSSR count). The molecule has 1 N–H and O–H groups in total. The molecule has 0 spiro atoms. The van der Waals surface area contributed by atoms with Crippen molar-refractivity contribution in [2.45, 2.75) is 19.8 Å². The van der Waals surface area contributed by atoms with Crippen LogP contribution in [0.5, 0.6) is 0 Å². The first-order valence-electron chi connectivity index (χ1n) is 6.64. The maximum atomic E-state index is 13.4. The summed E-state index contributed by atoms with van der Waals surface area (Å²) >= 11 is 0. The van der Waals surface area contributed by atoms with E-state index in [2.05, 4.69) is 5.32 Å². The van der Waals surface area contributed by atoms with E-state index in [-0.39, 0.29) is 23.6 Å². The minimum atomic E-state index is -0.631. The molecular formula is C17H15FN2O. The Hall–Kier alpha value is -2.67. The zero-order valence-corrected chi connectivity index (χ0v) is 11.7. The maximum Gasteiger partial charge on any atom is 0.224 e. The molecule has 0 saturated carbocycles. The number of nitriles is 1. The molecule has 0 saturated heterocycles. The summed E-state index contributed by atoms with van der Waals surface area (Å²) in [4.78, 5) is 11.9. The highest BCUT2D eigenvalue weighted by atomic mass is 19.1. The lowest BCUT2D eigenvalue weighted by atomic mass is 10.1. The topological polar surface area (TPSA) is 52.9 Å². The van der Waals surface area contributed by atoms with Crippen molar-refractivity contribution < 1.29 is 9.18 Å². The van der Waals surface area contributed by atoms with Gasteiger partial charge in [0.05, 0.1) is 5.69 Å². The van der Waals surface area contributed by atoms with Crippen molar-refractivity contribution in [3.63, 3.8) is 0 Å². The third-order valence-corrected chi connectivity index (χ3v) is 3.16. The molecule has 0 atom stereocenters. The highest BCUT2D eigenvalue weighted by Crippen LogP contribution is 2.18. The molecule has 3 nitrogen and oxygen atoms in total. The zero-order chi connectivity index (χ0) is 15.2. The Morgan fingerprint density at radius 2 is 1.95 bits per heavy atom. The van der Waals surface area contributed by atoms with E-state index in [1.165, 1.54) is 23.8 Å². The predicted molar refractivity (Wildman–Crippen MR) is 79.2 cm³/mol. The van der Waals surface area contributed by atoms with Gasteiger partial charge >= 0.3 is 0 Å². The van der Waals surface area contributed by atoms with Crippen LogP contribution in [-0.4, -0.2) is 5.91 Å². The van der Waals surface area contributed by atoms with E-state index < -0.39 is 5.82 Å². The number of hydrogen-bond acceptors (Lipinski definition) is 2. The molecule has 21 heavy (non-hydrogen) atoms. The summed E-state index contributed by atoms with van der Waals surface area (Å²) in [6.45, 7) is 2.00. The Morgan fingerprint density at radius 3 is 2.62 bits per heavy atom. The van der Waals surface area contributed by atoms with Crippen LogP contribution in [0.25, 0.3) is 0 Å². The lowest BCUT2D eigenvalue weighted by molar-refractivity contribution is -0.116. The van der Waals surface area contributed by atoms with Gasteiger partial charge in [-0.25, -0.2) is 4.39 Å². The Balaban J connectivity index is 1.98. The van der Waals surface area contributed by atoms with Gasteiger partial charge in [-0.3, -0.25) is 4.79 Å². The van der Waals surface area contributed by atoms with E-state index >= 15 is 0 Å². The van der Waals surface area contributed by atoms with Crippen LogP contribution in [0.1, 0.15) is 23.1 Å². The van der Waals surface area contributed by atoms with Gasteiger partial charge in [0, 0.05) is 6.42 Å². The van der Waals surface area contributed by atoms with Crippen molar-refractivity contribution in [3.8, 4) is 6.07 Å². The Bertz CT molecular complexity index is 687. The van der Waals surface area contributed by atoms with Crippen molar-refractivity contribution in [2.24, 2.45) is 0 Å². The summed E-state index contributed by atoms with van der Waals surface area (Å²) in [7, 11) is 0. The molecule has 2 aromatic rings. The van der Waals surface area contributed by atoms with Crippen LogP contribution in [0.3, 0.4) is 0 Å². The molecule has 106 valence electrons. The smallest absolute Gasteiger partial charge is 0.224 e. The number of carbonyl (C=O) groups excluding carboxylic acids is 1. The molecule has 0 aliphatic carbocycles. The molecule has 0 heterocycles. The third kappa shape index (κ3) is 3.90. The number of nitrogens with one attached hydrogen (secondary N) is 1. The average molecular weight is 282 g/mol.